The lowest BCUT2D eigenvalue weighted by Crippen LogP contribution is -2.19. The third-order valence-electron chi connectivity index (χ3n) is 6.56. The average Bonchev–Trinajstić information content (AvgIpc) is 3.55. The van der Waals surface area contributed by atoms with E-state index in [1.165, 1.54) is 10.7 Å². The van der Waals surface area contributed by atoms with E-state index in [1.54, 1.807) is 25.4 Å². The van der Waals surface area contributed by atoms with Crippen LogP contribution < -0.4 is 16.2 Å². The summed E-state index contributed by atoms with van der Waals surface area (Å²) in [7, 11) is 1.66. The van der Waals surface area contributed by atoms with E-state index in [4.69, 9.17) is 23.8 Å². The number of nitrogens with two attached hydrogens (primary N) is 1. The van der Waals surface area contributed by atoms with Crippen LogP contribution in [0.4, 0.5) is 10.1 Å². The molecule has 1 saturated heterocycles. The topological polar surface area (TPSA) is 117 Å². The van der Waals surface area contributed by atoms with Crippen LogP contribution in [0.1, 0.15) is 29.7 Å². The number of nitriles is 1. The normalized spacial score (nSPS) is 13.2. The van der Waals surface area contributed by atoms with E-state index in [9.17, 15) is 10.1 Å². The third kappa shape index (κ3) is 3.61. The molecule has 0 aliphatic carbocycles. The predicted molar refractivity (Wildman–Crippen MR) is 137 cm³/mol. The standard InChI is InChI=1S/C26H21ClFN7O/c1-3-14-8-15(9-16-20(12-30)32-33-26(36)22(14)16)18-13-31-34(2)25(18)23-17(11-29)21(10-19(27)24(23)28)35-6-4-5-7-35/h1,8-10,13H,4-7,12,30H2,2H3,(H,33,36). The van der Waals surface area contributed by atoms with Gasteiger partial charge in [-0.1, -0.05) is 17.5 Å². The van der Waals surface area contributed by atoms with Gasteiger partial charge < -0.3 is 10.6 Å². The number of benzene rings is 2. The number of aromatic amines is 1. The Hall–Kier alpha value is -4.18. The Labute approximate surface area is 211 Å². The van der Waals surface area contributed by atoms with Crippen molar-refractivity contribution in [2.24, 2.45) is 12.8 Å². The Kier molecular flexibility index (Phi) is 5.97. The molecular formula is C26H21ClFN7O. The summed E-state index contributed by atoms with van der Waals surface area (Å²) in [6.07, 6.45) is 9.28. The number of rotatable bonds is 4. The quantitative estimate of drug-likeness (QED) is 0.412. The van der Waals surface area contributed by atoms with Crippen LogP contribution in [0.5, 0.6) is 0 Å². The average molecular weight is 502 g/mol. The number of aryl methyl sites for hydroxylation is 1. The maximum atomic E-state index is 15.7. The summed E-state index contributed by atoms with van der Waals surface area (Å²) in [5.74, 6) is 1.85. The van der Waals surface area contributed by atoms with Crippen LogP contribution in [0.15, 0.2) is 29.2 Å². The zero-order chi connectivity index (χ0) is 25.6. The minimum atomic E-state index is -0.709. The van der Waals surface area contributed by atoms with Crippen LogP contribution in [0.25, 0.3) is 33.2 Å². The molecule has 3 heterocycles. The van der Waals surface area contributed by atoms with Crippen molar-refractivity contribution in [2.45, 2.75) is 19.4 Å². The summed E-state index contributed by atoms with van der Waals surface area (Å²) in [4.78, 5) is 14.6. The van der Waals surface area contributed by atoms with E-state index in [0.717, 1.165) is 25.9 Å². The first kappa shape index (κ1) is 23.6. The number of nitrogens with zero attached hydrogens (tertiary/aromatic N) is 5. The van der Waals surface area contributed by atoms with E-state index in [0.29, 0.717) is 44.5 Å². The summed E-state index contributed by atoms with van der Waals surface area (Å²) in [6.45, 7) is 1.59. The maximum absolute atomic E-state index is 15.7. The second-order valence-electron chi connectivity index (χ2n) is 8.57. The molecule has 0 saturated carbocycles. The summed E-state index contributed by atoms with van der Waals surface area (Å²) in [6, 6.07) is 7.10. The van der Waals surface area contributed by atoms with E-state index in [2.05, 4.69) is 27.3 Å². The molecule has 4 aromatic rings. The van der Waals surface area contributed by atoms with Gasteiger partial charge in [-0.05, 0) is 36.6 Å². The van der Waals surface area contributed by atoms with Gasteiger partial charge in [0.1, 0.15) is 6.07 Å². The number of terminal acetylenes is 1. The highest BCUT2D eigenvalue weighted by molar-refractivity contribution is 6.31. The molecule has 1 fully saturated rings. The highest BCUT2D eigenvalue weighted by Crippen LogP contribution is 2.42. The van der Waals surface area contributed by atoms with Gasteiger partial charge in [-0.2, -0.15) is 15.5 Å². The third-order valence-corrected chi connectivity index (χ3v) is 6.84. The molecule has 36 heavy (non-hydrogen) atoms. The Morgan fingerprint density at radius 3 is 2.72 bits per heavy atom. The van der Waals surface area contributed by atoms with Gasteiger partial charge in [-0.3, -0.25) is 9.48 Å². The second kappa shape index (κ2) is 9.12. The van der Waals surface area contributed by atoms with Crippen molar-refractivity contribution in [2.75, 3.05) is 18.0 Å². The summed E-state index contributed by atoms with van der Waals surface area (Å²) >= 11 is 6.35. The number of anilines is 1. The van der Waals surface area contributed by atoms with Crippen molar-refractivity contribution >= 4 is 28.1 Å². The molecule has 2 aromatic heterocycles. The minimum Gasteiger partial charge on any atom is -0.370 e. The highest BCUT2D eigenvalue weighted by Gasteiger charge is 2.28. The van der Waals surface area contributed by atoms with Crippen molar-refractivity contribution in [3.05, 3.63) is 62.4 Å². The second-order valence-corrected chi connectivity index (χ2v) is 8.98. The van der Waals surface area contributed by atoms with E-state index in [1.807, 2.05) is 4.90 Å². The van der Waals surface area contributed by atoms with Crippen LogP contribution in [0, 0.1) is 29.5 Å². The molecule has 0 radical (unpaired) electrons. The van der Waals surface area contributed by atoms with Crippen LogP contribution in [0.3, 0.4) is 0 Å². The lowest BCUT2D eigenvalue weighted by atomic mass is 9.93. The van der Waals surface area contributed by atoms with Crippen LogP contribution in [-0.4, -0.2) is 33.1 Å². The SMILES string of the molecule is C#Cc1cc(-c2cnn(C)c2-c2c(F)c(Cl)cc(N3CCCC3)c2C#N)cc2c(CN)n[nH]c(=O)c12. The zero-order valence-corrected chi connectivity index (χ0v) is 20.2. The number of halogens is 2. The number of hydrogen-bond donors (Lipinski definition) is 2. The van der Waals surface area contributed by atoms with Gasteiger partial charge in [0.15, 0.2) is 5.82 Å². The lowest BCUT2D eigenvalue weighted by Gasteiger charge is -2.22. The molecule has 0 amide bonds. The molecule has 1 aliphatic heterocycles. The van der Waals surface area contributed by atoms with Gasteiger partial charge >= 0.3 is 0 Å². The monoisotopic (exact) mass is 501 g/mol. The van der Waals surface area contributed by atoms with Gasteiger partial charge in [0.25, 0.3) is 5.56 Å². The fourth-order valence-electron chi connectivity index (χ4n) is 4.87. The van der Waals surface area contributed by atoms with Crippen LogP contribution in [-0.2, 0) is 13.6 Å². The summed E-state index contributed by atoms with van der Waals surface area (Å²) in [5.41, 5.74) is 8.51. The van der Waals surface area contributed by atoms with E-state index >= 15 is 4.39 Å². The summed E-state index contributed by atoms with van der Waals surface area (Å²) < 4.78 is 17.2. The smallest absolute Gasteiger partial charge is 0.273 e. The van der Waals surface area contributed by atoms with Crippen molar-refractivity contribution in [3.63, 3.8) is 0 Å². The predicted octanol–water partition coefficient (Wildman–Crippen LogP) is 3.69. The van der Waals surface area contributed by atoms with Crippen molar-refractivity contribution in [1.82, 2.24) is 20.0 Å². The van der Waals surface area contributed by atoms with E-state index < -0.39 is 11.4 Å². The van der Waals surface area contributed by atoms with Gasteiger partial charge in [0, 0.05) is 43.2 Å². The molecule has 1 aliphatic rings. The Morgan fingerprint density at radius 2 is 2.06 bits per heavy atom. The fraction of sp³-hybridized carbons (Fsp3) is 0.231. The minimum absolute atomic E-state index is 0.0623. The van der Waals surface area contributed by atoms with Gasteiger partial charge in [0.05, 0.1) is 44.8 Å². The maximum Gasteiger partial charge on any atom is 0.273 e. The molecular weight excluding hydrogens is 481 g/mol. The molecule has 0 unspecified atom stereocenters. The number of nitrogens with one attached hydrogen (secondary N) is 1. The van der Waals surface area contributed by atoms with E-state index in [-0.39, 0.29) is 22.7 Å². The fourth-order valence-corrected chi connectivity index (χ4v) is 5.07. The largest absolute Gasteiger partial charge is 0.370 e. The molecule has 3 N–H and O–H groups in total. The molecule has 10 heteroatoms. The summed E-state index contributed by atoms with van der Waals surface area (Å²) in [5, 5.41) is 21.7. The molecule has 0 bridgehead atoms. The van der Waals surface area contributed by atoms with Crippen molar-refractivity contribution in [1.29, 1.82) is 5.26 Å². The molecule has 5 rings (SSSR count). The van der Waals surface area contributed by atoms with Crippen molar-refractivity contribution in [3.8, 4) is 40.8 Å². The van der Waals surface area contributed by atoms with Crippen molar-refractivity contribution < 1.29 is 4.39 Å². The Morgan fingerprint density at radius 1 is 1.31 bits per heavy atom. The van der Waals surface area contributed by atoms with Crippen LogP contribution in [0.2, 0.25) is 5.02 Å². The molecule has 8 nitrogen and oxygen atoms in total. The first-order chi connectivity index (χ1) is 17.4. The highest BCUT2D eigenvalue weighted by atomic mass is 35.5. The number of fused-ring (bicyclic) bond motifs is 1. The first-order valence-electron chi connectivity index (χ1n) is 11.3. The number of hydrogen-bond acceptors (Lipinski definition) is 6. The number of aromatic nitrogens is 4. The number of H-pyrrole nitrogens is 1. The first-order valence-corrected chi connectivity index (χ1v) is 11.7. The van der Waals surface area contributed by atoms with Gasteiger partial charge in [-0.15, -0.1) is 6.42 Å². The molecule has 0 spiro atoms. The Bertz CT molecular complexity index is 1670. The Balaban J connectivity index is 1.83. The zero-order valence-electron chi connectivity index (χ0n) is 19.4. The lowest BCUT2D eigenvalue weighted by molar-refractivity contribution is 0.628. The van der Waals surface area contributed by atoms with Gasteiger partial charge in [0.2, 0.25) is 0 Å². The van der Waals surface area contributed by atoms with Gasteiger partial charge in [-0.25, -0.2) is 9.49 Å². The molecule has 0 atom stereocenters. The molecule has 180 valence electrons. The molecule has 2 aromatic carbocycles. The van der Waals surface area contributed by atoms with Crippen LogP contribution >= 0.6 is 11.6 Å².